The molecule has 0 heterocycles. The number of anilines is 1. The zero-order chi connectivity index (χ0) is 11.8. The van der Waals surface area contributed by atoms with Gasteiger partial charge in [0, 0.05) is 10.5 Å². The van der Waals surface area contributed by atoms with Crippen LogP contribution in [0.15, 0.2) is 22.7 Å². The Kier molecular flexibility index (Phi) is 3.44. The molecule has 1 fully saturated rings. The van der Waals surface area contributed by atoms with E-state index in [9.17, 15) is 8.42 Å². The fourth-order valence-corrected chi connectivity index (χ4v) is 2.94. The monoisotopic (exact) mass is 324 g/mol. The van der Waals surface area contributed by atoms with Gasteiger partial charge in [-0.1, -0.05) is 27.5 Å². The van der Waals surface area contributed by atoms with Gasteiger partial charge in [-0.2, -0.15) is 13.1 Å². The van der Waals surface area contributed by atoms with Crippen molar-refractivity contribution in [2.75, 3.05) is 4.72 Å². The summed E-state index contributed by atoms with van der Waals surface area (Å²) in [4.78, 5) is 0. The lowest BCUT2D eigenvalue weighted by atomic mass is 10.3. The second-order valence-corrected chi connectivity index (χ2v) is 6.39. The summed E-state index contributed by atoms with van der Waals surface area (Å²) in [6.45, 7) is 0. The largest absolute Gasteiger partial charge is 0.299 e. The molecule has 7 heteroatoms. The smallest absolute Gasteiger partial charge is 0.270 e. The van der Waals surface area contributed by atoms with Gasteiger partial charge in [-0.05, 0) is 31.0 Å². The Morgan fingerprint density at radius 1 is 1.38 bits per heavy atom. The van der Waals surface area contributed by atoms with Gasteiger partial charge in [-0.25, -0.2) is 0 Å². The number of halogens is 2. The second-order valence-electron chi connectivity index (χ2n) is 3.62. The van der Waals surface area contributed by atoms with Crippen LogP contribution in [0.5, 0.6) is 0 Å². The summed E-state index contributed by atoms with van der Waals surface area (Å²) in [5.41, 5.74) is 0.365. The van der Waals surface area contributed by atoms with Crippen LogP contribution in [0.3, 0.4) is 0 Å². The van der Waals surface area contributed by atoms with E-state index in [0.717, 1.165) is 17.3 Å². The van der Waals surface area contributed by atoms with E-state index in [1.807, 2.05) is 0 Å². The molecule has 1 aliphatic carbocycles. The van der Waals surface area contributed by atoms with Gasteiger partial charge < -0.3 is 0 Å². The maximum Gasteiger partial charge on any atom is 0.299 e. The Morgan fingerprint density at radius 3 is 2.69 bits per heavy atom. The van der Waals surface area contributed by atoms with Crippen molar-refractivity contribution in [2.24, 2.45) is 0 Å². The predicted octanol–water partition coefficient (Wildman–Crippen LogP) is 2.51. The average molecular weight is 326 g/mol. The van der Waals surface area contributed by atoms with Gasteiger partial charge in [0.05, 0.1) is 10.7 Å². The molecule has 1 saturated carbocycles. The van der Waals surface area contributed by atoms with Gasteiger partial charge in [0.1, 0.15) is 0 Å². The molecule has 2 N–H and O–H groups in total. The third kappa shape index (κ3) is 3.35. The molecule has 0 amide bonds. The molecule has 0 aromatic heterocycles. The van der Waals surface area contributed by atoms with Crippen LogP contribution in [0.2, 0.25) is 5.02 Å². The second kappa shape index (κ2) is 4.52. The van der Waals surface area contributed by atoms with Crippen molar-refractivity contribution in [1.29, 1.82) is 0 Å². The van der Waals surface area contributed by atoms with Crippen LogP contribution in [0.4, 0.5) is 5.69 Å². The summed E-state index contributed by atoms with van der Waals surface area (Å²) in [6, 6.07) is 5.06. The third-order valence-electron chi connectivity index (χ3n) is 2.07. The van der Waals surface area contributed by atoms with Crippen molar-refractivity contribution in [3.05, 3.63) is 27.7 Å². The Bertz CT molecular complexity index is 502. The molecule has 0 unspecified atom stereocenters. The van der Waals surface area contributed by atoms with Gasteiger partial charge in [-0.3, -0.25) is 4.72 Å². The molecule has 1 aromatic carbocycles. The summed E-state index contributed by atoms with van der Waals surface area (Å²) in [5.74, 6) is 0. The van der Waals surface area contributed by atoms with Crippen LogP contribution in [-0.2, 0) is 10.2 Å². The molecule has 0 saturated heterocycles. The Labute approximate surface area is 108 Å². The van der Waals surface area contributed by atoms with Crippen LogP contribution in [0.1, 0.15) is 12.8 Å². The molecular formula is C9H10BrClN2O2S. The van der Waals surface area contributed by atoms with Gasteiger partial charge in [0.25, 0.3) is 10.2 Å². The molecule has 0 aliphatic heterocycles. The molecule has 0 atom stereocenters. The van der Waals surface area contributed by atoms with Crippen molar-refractivity contribution in [1.82, 2.24) is 4.72 Å². The lowest BCUT2D eigenvalue weighted by Gasteiger charge is -2.10. The fraction of sp³-hybridized carbons (Fsp3) is 0.333. The summed E-state index contributed by atoms with van der Waals surface area (Å²) in [6.07, 6.45) is 1.79. The van der Waals surface area contributed by atoms with E-state index in [1.165, 1.54) is 0 Å². The first-order valence-corrected chi connectivity index (χ1v) is 7.37. The minimum Gasteiger partial charge on any atom is -0.270 e. The minimum absolute atomic E-state index is 0.0726. The molecule has 4 nitrogen and oxygen atoms in total. The maximum atomic E-state index is 11.6. The summed E-state index contributed by atoms with van der Waals surface area (Å²) in [7, 11) is -3.52. The average Bonchev–Trinajstić information content (AvgIpc) is 2.94. The van der Waals surface area contributed by atoms with Crippen molar-refractivity contribution in [3.63, 3.8) is 0 Å². The number of hydrogen-bond acceptors (Lipinski definition) is 2. The molecule has 1 aromatic rings. The minimum atomic E-state index is -3.52. The van der Waals surface area contributed by atoms with Crippen LogP contribution in [0, 0.1) is 0 Å². The number of nitrogens with one attached hydrogen (secondary N) is 2. The lowest BCUT2D eigenvalue weighted by molar-refractivity contribution is 0.586. The normalized spacial score (nSPS) is 16.1. The van der Waals surface area contributed by atoms with E-state index in [-0.39, 0.29) is 6.04 Å². The lowest BCUT2D eigenvalue weighted by Crippen LogP contribution is -2.31. The van der Waals surface area contributed by atoms with Gasteiger partial charge in [0.2, 0.25) is 0 Å². The van der Waals surface area contributed by atoms with E-state index >= 15 is 0 Å². The van der Waals surface area contributed by atoms with Crippen LogP contribution < -0.4 is 9.44 Å². The Hall–Kier alpha value is -0.300. The van der Waals surface area contributed by atoms with Crippen molar-refractivity contribution in [2.45, 2.75) is 18.9 Å². The van der Waals surface area contributed by atoms with E-state index in [2.05, 4.69) is 25.4 Å². The van der Waals surface area contributed by atoms with Gasteiger partial charge in [-0.15, -0.1) is 0 Å². The van der Waals surface area contributed by atoms with Gasteiger partial charge >= 0.3 is 0 Å². The van der Waals surface area contributed by atoms with Crippen LogP contribution >= 0.6 is 27.5 Å². The molecule has 2 rings (SSSR count). The van der Waals surface area contributed by atoms with Crippen LogP contribution in [0.25, 0.3) is 0 Å². The Morgan fingerprint density at radius 2 is 2.06 bits per heavy atom. The maximum absolute atomic E-state index is 11.6. The molecule has 88 valence electrons. The van der Waals surface area contributed by atoms with E-state index in [1.54, 1.807) is 18.2 Å². The fourth-order valence-electron chi connectivity index (χ4n) is 1.17. The van der Waals surface area contributed by atoms with Gasteiger partial charge in [0.15, 0.2) is 0 Å². The topological polar surface area (TPSA) is 58.2 Å². The molecule has 0 radical (unpaired) electrons. The van der Waals surface area contributed by atoms with E-state index < -0.39 is 10.2 Å². The SMILES string of the molecule is O=S(=O)(Nc1cc(Br)ccc1Cl)NC1CC1. The van der Waals surface area contributed by atoms with Crippen LogP contribution in [-0.4, -0.2) is 14.5 Å². The predicted molar refractivity (Wildman–Crippen MR) is 67.9 cm³/mol. The first kappa shape index (κ1) is 12.2. The third-order valence-corrected chi connectivity index (χ3v) is 4.03. The first-order valence-electron chi connectivity index (χ1n) is 4.71. The highest BCUT2D eigenvalue weighted by Crippen LogP contribution is 2.27. The number of benzene rings is 1. The molecular weight excluding hydrogens is 316 g/mol. The molecule has 0 spiro atoms. The zero-order valence-electron chi connectivity index (χ0n) is 8.20. The summed E-state index contributed by atoms with van der Waals surface area (Å²) >= 11 is 9.13. The molecule has 1 aliphatic rings. The summed E-state index contributed by atoms with van der Waals surface area (Å²) in [5, 5.41) is 0.365. The summed E-state index contributed by atoms with van der Waals surface area (Å²) < 4.78 is 28.9. The van der Waals surface area contributed by atoms with E-state index in [0.29, 0.717) is 10.7 Å². The van der Waals surface area contributed by atoms with E-state index in [4.69, 9.17) is 11.6 Å². The number of rotatable bonds is 4. The van der Waals surface area contributed by atoms with Crippen molar-refractivity contribution >= 4 is 43.4 Å². The highest BCUT2D eigenvalue weighted by atomic mass is 79.9. The molecule has 16 heavy (non-hydrogen) atoms. The highest BCUT2D eigenvalue weighted by Gasteiger charge is 2.27. The van der Waals surface area contributed by atoms with Crippen molar-refractivity contribution < 1.29 is 8.42 Å². The quantitative estimate of drug-likeness (QED) is 0.893. The zero-order valence-corrected chi connectivity index (χ0v) is 11.4. The highest BCUT2D eigenvalue weighted by molar-refractivity contribution is 9.10. The molecule has 0 bridgehead atoms. The first-order chi connectivity index (χ1) is 7.46. The standard InChI is InChI=1S/C9H10BrClN2O2S/c10-6-1-4-8(11)9(5-6)13-16(14,15)12-7-2-3-7/h1,4-5,7,12-13H,2-3H2. The Balaban J connectivity index is 2.15. The van der Waals surface area contributed by atoms with Crippen molar-refractivity contribution in [3.8, 4) is 0 Å². The number of hydrogen-bond donors (Lipinski definition) is 2.